The maximum absolute atomic E-state index is 13.0. The molecular formula is C12H12Cl2FNO2. The lowest BCUT2D eigenvalue weighted by Gasteiger charge is -2.34. The number of hydrogen-bond acceptors (Lipinski definition) is 2. The van der Waals surface area contributed by atoms with E-state index < -0.39 is 5.82 Å². The molecule has 0 bridgehead atoms. The fourth-order valence-corrected chi connectivity index (χ4v) is 2.28. The van der Waals surface area contributed by atoms with E-state index in [1.54, 1.807) is 4.90 Å². The smallest absolute Gasteiger partial charge is 0.254 e. The first-order chi connectivity index (χ1) is 8.63. The second-order valence-corrected chi connectivity index (χ2v) is 4.73. The quantitative estimate of drug-likeness (QED) is 0.784. The van der Waals surface area contributed by atoms with E-state index in [0.29, 0.717) is 31.2 Å². The Hall–Kier alpha value is -0.840. The third-order valence-electron chi connectivity index (χ3n) is 2.83. The second kappa shape index (κ2) is 5.87. The average molecular weight is 292 g/mol. The minimum absolute atomic E-state index is 0.0588. The van der Waals surface area contributed by atoms with Crippen molar-refractivity contribution in [2.24, 2.45) is 0 Å². The fourth-order valence-electron chi connectivity index (χ4n) is 1.85. The van der Waals surface area contributed by atoms with E-state index in [2.05, 4.69) is 0 Å². The van der Waals surface area contributed by atoms with E-state index in [-0.39, 0.29) is 17.0 Å². The molecule has 1 heterocycles. The number of hydrogen-bond donors (Lipinski definition) is 0. The summed E-state index contributed by atoms with van der Waals surface area (Å²) in [5.74, 6) is -0.435. The van der Waals surface area contributed by atoms with Crippen LogP contribution >= 0.6 is 23.2 Å². The molecule has 1 aliphatic heterocycles. The van der Waals surface area contributed by atoms with E-state index in [9.17, 15) is 9.18 Å². The highest BCUT2D eigenvalue weighted by molar-refractivity contribution is 6.31. The van der Waals surface area contributed by atoms with Crippen LogP contribution in [0.1, 0.15) is 10.4 Å². The van der Waals surface area contributed by atoms with Gasteiger partial charge < -0.3 is 9.64 Å². The molecule has 1 fully saturated rings. The van der Waals surface area contributed by atoms with E-state index in [0.717, 1.165) is 0 Å². The van der Waals surface area contributed by atoms with Crippen LogP contribution in [0.25, 0.3) is 0 Å². The lowest BCUT2D eigenvalue weighted by Crippen LogP contribution is -2.49. The molecule has 1 unspecified atom stereocenters. The average Bonchev–Trinajstić information content (AvgIpc) is 2.41. The molecular weight excluding hydrogens is 280 g/mol. The molecule has 2 rings (SSSR count). The number of alkyl halides is 1. The van der Waals surface area contributed by atoms with Crippen LogP contribution < -0.4 is 0 Å². The standard InChI is InChI=1S/C12H12Cl2FNO2/c13-6-9-7-18-4-3-16(9)12(17)8-1-2-11(15)10(14)5-8/h1-2,5,9H,3-4,6-7H2. The minimum Gasteiger partial charge on any atom is -0.377 e. The molecule has 18 heavy (non-hydrogen) atoms. The molecule has 0 spiro atoms. The topological polar surface area (TPSA) is 29.5 Å². The molecule has 0 saturated carbocycles. The van der Waals surface area contributed by atoms with Gasteiger partial charge in [0, 0.05) is 18.0 Å². The summed E-state index contributed by atoms with van der Waals surface area (Å²) >= 11 is 11.5. The van der Waals surface area contributed by atoms with Crippen molar-refractivity contribution in [1.29, 1.82) is 0 Å². The Morgan fingerprint density at radius 2 is 2.33 bits per heavy atom. The maximum atomic E-state index is 13.0. The summed E-state index contributed by atoms with van der Waals surface area (Å²) in [5.41, 5.74) is 0.360. The zero-order valence-electron chi connectivity index (χ0n) is 9.54. The monoisotopic (exact) mass is 291 g/mol. The van der Waals surface area contributed by atoms with Crippen LogP contribution in [-0.2, 0) is 4.74 Å². The Balaban J connectivity index is 2.21. The van der Waals surface area contributed by atoms with Gasteiger partial charge in [0.05, 0.1) is 24.3 Å². The molecule has 0 aromatic heterocycles. The van der Waals surface area contributed by atoms with E-state index in [4.69, 9.17) is 27.9 Å². The van der Waals surface area contributed by atoms with E-state index >= 15 is 0 Å². The first kappa shape index (κ1) is 13.6. The summed E-state index contributed by atoms with van der Waals surface area (Å²) in [4.78, 5) is 13.9. The van der Waals surface area contributed by atoms with Gasteiger partial charge in [0.1, 0.15) is 5.82 Å². The van der Waals surface area contributed by atoms with Crippen LogP contribution in [0, 0.1) is 5.82 Å². The number of amides is 1. The lowest BCUT2D eigenvalue weighted by molar-refractivity contribution is 0.00456. The number of halogens is 3. The van der Waals surface area contributed by atoms with Gasteiger partial charge in [-0.1, -0.05) is 11.6 Å². The number of benzene rings is 1. The largest absolute Gasteiger partial charge is 0.377 e. The van der Waals surface area contributed by atoms with Crippen molar-refractivity contribution in [2.75, 3.05) is 25.6 Å². The van der Waals surface area contributed by atoms with Crippen LogP contribution in [-0.4, -0.2) is 42.5 Å². The van der Waals surface area contributed by atoms with Gasteiger partial charge in [-0.05, 0) is 18.2 Å². The predicted octanol–water partition coefficient (Wildman–Crippen LogP) is 2.56. The van der Waals surface area contributed by atoms with Crippen molar-refractivity contribution in [3.8, 4) is 0 Å². The normalized spacial score (nSPS) is 19.9. The third-order valence-corrected chi connectivity index (χ3v) is 3.48. The van der Waals surface area contributed by atoms with Gasteiger partial charge in [-0.25, -0.2) is 4.39 Å². The summed E-state index contributed by atoms with van der Waals surface area (Å²) in [6.45, 7) is 1.38. The number of carbonyl (C=O) groups excluding carboxylic acids is 1. The molecule has 1 aromatic rings. The number of nitrogens with zero attached hydrogens (tertiary/aromatic N) is 1. The third kappa shape index (κ3) is 2.76. The molecule has 1 aliphatic rings. The summed E-state index contributed by atoms with van der Waals surface area (Å²) in [5, 5.41) is -0.0588. The molecule has 1 aromatic carbocycles. The van der Waals surface area contributed by atoms with Crippen LogP contribution in [0.3, 0.4) is 0 Å². The second-order valence-electron chi connectivity index (χ2n) is 4.01. The zero-order valence-corrected chi connectivity index (χ0v) is 11.0. The highest BCUT2D eigenvalue weighted by Crippen LogP contribution is 2.19. The molecule has 0 aliphatic carbocycles. The predicted molar refractivity (Wildman–Crippen MR) is 67.8 cm³/mol. The minimum atomic E-state index is -0.538. The molecule has 1 saturated heterocycles. The van der Waals surface area contributed by atoms with Crippen LogP contribution in [0.2, 0.25) is 5.02 Å². The van der Waals surface area contributed by atoms with Crippen molar-refractivity contribution in [3.05, 3.63) is 34.6 Å². The molecule has 0 radical (unpaired) electrons. The van der Waals surface area contributed by atoms with Gasteiger partial charge in [0.15, 0.2) is 0 Å². The summed E-state index contributed by atoms with van der Waals surface area (Å²) < 4.78 is 18.3. The Morgan fingerprint density at radius 3 is 3.00 bits per heavy atom. The number of carbonyl (C=O) groups is 1. The highest BCUT2D eigenvalue weighted by Gasteiger charge is 2.27. The molecule has 0 N–H and O–H groups in total. The van der Waals surface area contributed by atoms with Crippen LogP contribution in [0.4, 0.5) is 4.39 Å². The van der Waals surface area contributed by atoms with Crippen LogP contribution in [0.5, 0.6) is 0 Å². The van der Waals surface area contributed by atoms with Gasteiger partial charge in [-0.2, -0.15) is 0 Å². The van der Waals surface area contributed by atoms with Gasteiger partial charge in [0.25, 0.3) is 5.91 Å². The molecule has 1 amide bonds. The van der Waals surface area contributed by atoms with E-state index in [1.165, 1.54) is 18.2 Å². The lowest BCUT2D eigenvalue weighted by atomic mass is 10.1. The van der Waals surface area contributed by atoms with Gasteiger partial charge in [-0.15, -0.1) is 11.6 Å². The fraction of sp³-hybridized carbons (Fsp3) is 0.417. The number of morpholine rings is 1. The van der Waals surface area contributed by atoms with Crippen molar-refractivity contribution < 1.29 is 13.9 Å². The van der Waals surface area contributed by atoms with E-state index in [1.807, 2.05) is 0 Å². The van der Waals surface area contributed by atoms with Gasteiger partial charge in [-0.3, -0.25) is 4.79 Å². The Morgan fingerprint density at radius 1 is 1.56 bits per heavy atom. The maximum Gasteiger partial charge on any atom is 0.254 e. The van der Waals surface area contributed by atoms with Gasteiger partial charge >= 0.3 is 0 Å². The Kier molecular flexibility index (Phi) is 4.43. The number of rotatable bonds is 2. The molecule has 98 valence electrons. The molecule has 6 heteroatoms. The Bertz CT molecular complexity index is 456. The summed E-state index contributed by atoms with van der Waals surface area (Å²) in [6.07, 6.45) is 0. The zero-order chi connectivity index (χ0) is 13.1. The SMILES string of the molecule is O=C(c1ccc(F)c(Cl)c1)N1CCOCC1CCl. The van der Waals surface area contributed by atoms with Gasteiger partial charge in [0.2, 0.25) is 0 Å². The molecule has 3 nitrogen and oxygen atoms in total. The van der Waals surface area contributed by atoms with Crippen molar-refractivity contribution in [2.45, 2.75) is 6.04 Å². The highest BCUT2D eigenvalue weighted by atomic mass is 35.5. The first-order valence-corrected chi connectivity index (χ1v) is 6.44. The first-order valence-electron chi connectivity index (χ1n) is 5.53. The van der Waals surface area contributed by atoms with Crippen LogP contribution in [0.15, 0.2) is 18.2 Å². The Labute approximate surface area is 114 Å². The van der Waals surface area contributed by atoms with Crippen molar-refractivity contribution >= 4 is 29.1 Å². The van der Waals surface area contributed by atoms with Crippen molar-refractivity contribution in [3.63, 3.8) is 0 Å². The summed E-state index contributed by atoms with van der Waals surface area (Å²) in [7, 11) is 0. The molecule has 1 atom stereocenters. The summed E-state index contributed by atoms with van der Waals surface area (Å²) in [6, 6.07) is 3.78. The number of ether oxygens (including phenoxy) is 1. The van der Waals surface area contributed by atoms with Crippen molar-refractivity contribution in [1.82, 2.24) is 4.90 Å².